The standard InChI is InChI=1S/C16H14ClNS/c1-3-12-5-4-6-15(7-12)19-16-9-14(17)8-13(10-18)11(16)2/h4-9H,3H2,1-2H3. The Morgan fingerprint density at radius 1 is 1.26 bits per heavy atom. The molecule has 0 aliphatic carbocycles. The molecule has 19 heavy (non-hydrogen) atoms. The SMILES string of the molecule is CCc1cccc(Sc2cc(Cl)cc(C#N)c2C)c1. The predicted octanol–water partition coefficient (Wildman–Crippen LogP) is 5.23. The van der Waals surface area contributed by atoms with Gasteiger partial charge in [0.1, 0.15) is 0 Å². The van der Waals surface area contributed by atoms with E-state index in [9.17, 15) is 0 Å². The second kappa shape index (κ2) is 6.14. The van der Waals surface area contributed by atoms with Gasteiger partial charge in [0.15, 0.2) is 0 Å². The van der Waals surface area contributed by atoms with Crippen LogP contribution < -0.4 is 0 Å². The highest BCUT2D eigenvalue weighted by molar-refractivity contribution is 7.99. The molecule has 0 aliphatic heterocycles. The average molecular weight is 288 g/mol. The Balaban J connectivity index is 2.38. The van der Waals surface area contributed by atoms with Crippen LogP contribution in [-0.2, 0) is 6.42 Å². The number of hydrogen-bond donors (Lipinski definition) is 0. The van der Waals surface area contributed by atoms with Crippen LogP contribution in [0.3, 0.4) is 0 Å². The summed E-state index contributed by atoms with van der Waals surface area (Å²) in [6.07, 6.45) is 1.02. The molecule has 1 nitrogen and oxygen atoms in total. The highest BCUT2D eigenvalue weighted by Gasteiger charge is 2.08. The van der Waals surface area contributed by atoms with Gasteiger partial charge in [0.25, 0.3) is 0 Å². The monoisotopic (exact) mass is 287 g/mol. The molecule has 3 heteroatoms. The predicted molar refractivity (Wildman–Crippen MR) is 80.8 cm³/mol. The lowest BCUT2D eigenvalue weighted by atomic mass is 10.1. The van der Waals surface area contributed by atoms with Gasteiger partial charge in [-0.15, -0.1) is 0 Å². The van der Waals surface area contributed by atoms with Crippen molar-refractivity contribution < 1.29 is 0 Å². The first-order valence-corrected chi connectivity index (χ1v) is 7.30. The van der Waals surface area contributed by atoms with Crippen LogP contribution in [0.5, 0.6) is 0 Å². The molecule has 0 saturated carbocycles. The summed E-state index contributed by atoms with van der Waals surface area (Å²) in [6.45, 7) is 4.10. The lowest BCUT2D eigenvalue weighted by Gasteiger charge is -2.09. The fourth-order valence-corrected chi connectivity index (χ4v) is 3.17. The number of aryl methyl sites for hydroxylation is 1. The third-order valence-electron chi connectivity index (χ3n) is 2.98. The maximum atomic E-state index is 9.10. The van der Waals surface area contributed by atoms with Gasteiger partial charge in [-0.25, -0.2) is 0 Å². The van der Waals surface area contributed by atoms with E-state index in [4.69, 9.17) is 16.9 Å². The van der Waals surface area contributed by atoms with Crippen molar-refractivity contribution in [2.45, 2.75) is 30.1 Å². The Morgan fingerprint density at radius 2 is 2.05 bits per heavy atom. The Labute approximate surface area is 123 Å². The molecule has 0 aromatic heterocycles. The van der Waals surface area contributed by atoms with Crippen molar-refractivity contribution in [2.75, 3.05) is 0 Å². The van der Waals surface area contributed by atoms with Crippen LogP contribution >= 0.6 is 23.4 Å². The maximum absolute atomic E-state index is 9.10. The zero-order valence-electron chi connectivity index (χ0n) is 10.9. The quantitative estimate of drug-likeness (QED) is 0.771. The molecule has 0 aliphatic rings. The summed E-state index contributed by atoms with van der Waals surface area (Å²) in [5.74, 6) is 0. The zero-order valence-corrected chi connectivity index (χ0v) is 12.5. The molecular formula is C16H14ClNS. The van der Waals surface area contributed by atoms with E-state index in [-0.39, 0.29) is 0 Å². The third-order valence-corrected chi connectivity index (χ3v) is 4.33. The molecule has 0 N–H and O–H groups in total. The van der Waals surface area contributed by atoms with Crippen LogP contribution in [0.2, 0.25) is 5.02 Å². The van der Waals surface area contributed by atoms with Crippen LogP contribution in [0.15, 0.2) is 46.2 Å². The van der Waals surface area contributed by atoms with Crippen molar-refractivity contribution in [2.24, 2.45) is 0 Å². The van der Waals surface area contributed by atoms with Gasteiger partial charge in [-0.2, -0.15) is 5.26 Å². The lowest BCUT2D eigenvalue weighted by Crippen LogP contribution is -1.87. The molecule has 0 amide bonds. The molecule has 2 aromatic rings. The molecule has 0 heterocycles. The number of nitriles is 1. The molecule has 96 valence electrons. The first-order valence-electron chi connectivity index (χ1n) is 6.11. The zero-order chi connectivity index (χ0) is 13.8. The fourth-order valence-electron chi connectivity index (χ4n) is 1.83. The van der Waals surface area contributed by atoms with Gasteiger partial charge in [0.2, 0.25) is 0 Å². The summed E-state index contributed by atoms with van der Waals surface area (Å²) in [6, 6.07) is 14.3. The summed E-state index contributed by atoms with van der Waals surface area (Å²) >= 11 is 7.71. The van der Waals surface area contributed by atoms with Gasteiger partial charge in [-0.3, -0.25) is 0 Å². The molecule has 2 rings (SSSR count). The smallest absolute Gasteiger partial charge is 0.0995 e. The highest BCUT2D eigenvalue weighted by atomic mass is 35.5. The molecule has 2 aromatic carbocycles. The van der Waals surface area contributed by atoms with Gasteiger partial charge in [0.05, 0.1) is 11.6 Å². The normalized spacial score (nSPS) is 10.2. The molecule has 0 radical (unpaired) electrons. The number of hydrogen-bond acceptors (Lipinski definition) is 2. The van der Waals surface area contributed by atoms with Gasteiger partial charge in [-0.1, -0.05) is 42.4 Å². The molecule has 0 spiro atoms. The molecule has 0 unspecified atom stereocenters. The van der Waals surface area contributed by atoms with Crippen molar-refractivity contribution in [3.8, 4) is 6.07 Å². The van der Waals surface area contributed by atoms with Gasteiger partial charge in [0, 0.05) is 14.8 Å². The number of halogens is 1. The van der Waals surface area contributed by atoms with Crippen LogP contribution in [-0.4, -0.2) is 0 Å². The number of nitrogens with zero attached hydrogens (tertiary/aromatic N) is 1. The Kier molecular flexibility index (Phi) is 4.52. The largest absolute Gasteiger partial charge is 0.192 e. The van der Waals surface area contributed by atoms with Crippen molar-refractivity contribution in [1.29, 1.82) is 5.26 Å². The minimum absolute atomic E-state index is 0.608. The van der Waals surface area contributed by atoms with Crippen LogP contribution in [0.1, 0.15) is 23.6 Å². The topological polar surface area (TPSA) is 23.8 Å². The van der Waals surface area contributed by atoms with Gasteiger partial charge in [-0.05, 0) is 48.7 Å². The summed E-state index contributed by atoms with van der Waals surface area (Å²) in [7, 11) is 0. The Morgan fingerprint density at radius 3 is 2.74 bits per heavy atom. The van der Waals surface area contributed by atoms with Crippen LogP contribution in [0, 0.1) is 18.3 Å². The summed E-state index contributed by atoms with van der Waals surface area (Å²) in [4.78, 5) is 2.21. The van der Waals surface area contributed by atoms with E-state index in [1.165, 1.54) is 10.5 Å². The average Bonchev–Trinajstić information content (AvgIpc) is 2.42. The second-order valence-corrected chi connectivity index (χ2v) is 5.84. The highest BCUT2D eigenvalue weighted by Crippen LogP contribution is 2.34. The molecular weight excluding hydrogens is 274 g/mol. The van der Waals surface area contributed by atoms with Crippen molar-refractivity contribution in [3.63, 3.8) is 0 Å². The number of benzene rings is 2. The van der Waals surface area contributed by atoms with E-state index in [1.54, 1.807) is 17.8 Å². The van der Waals surface area contributed by atoms with Gasteiger partial charge >= 0.3 is 0 Å². The van der Waals surface area contributed by atoms with Crippen molar-refractivity contribution in [3.05, 3.63) is 58.1 Å². The first-order chi connectivity index (χ1) is 9.13. The fraction of sp³-hybridized carbons (Fsp3) is 0.188. The molecule has 0 saturated heterocycles. The summed E-state index contributed by atoms with van der Waals surface area (Å²) in [5, 5.41) is 9.71. The minimum Gasteiger partial charge on any atom is -0.192 e. The Bertz CT molecular complexity index is 644. The van der Waals surface area contributed by atoms with E-state index < -0.39 is 0 Å². The van der Waals surface area contributed by atoms with Crippen LogP contribution in [0.25, 0.3) is 0 Å². The van der Waals surface area contributed by atoms with Crippen molar-refractivity contribution >= 4 is 23.4 Å². The van der Waals surface area contributed by atoms with Crippen LogP contribution in [0.4, 0.5) is 0 Å². The summed E-state index contributed by atoms with van der Waals surface area (Å²) in [5.41, 5.74) is 2.94. The van der Waals surface area contributed by atoms with Gasteiger partial charge < -0.3 is 0 Å². The van der Waals surface area contributed by atoms with Crippen molar-refractivity contribution in [1.82, 2.24) is 0 Å². The third kappa shape index (κ3) is 3.32. The van der Waals surface area contributed by atoms with E-state index in [0.717, 1.165) is 16.9 Å². The van der Waals surface area contributed by atoms with E-state index >= 15 is 0 Å². The molecule has 0 atom stereocenters. The van der Waals surface area contributed by atoms with E-state index in [2.05, 4.69) is 37.3 Å². The Hall–Kier alpha value is -1.43. The first kappa shape index (κ1) is 14.0. The van der Waals surface area contributed by atoms with E-state index in [1.807, 2.05) is 13.0 Å². The lowest BCUT2D eigenvalue weighted by molar-refractivity contribution is 1.12. The molecule has 0 fully saturated rings. The summed E-state index contributed by atoms with van der Waals surface area (Å²) < 4.78 is 0. The second-order valence-electron chi connectivity index (χ2n) is 4.29. The number of rotatable bonds is 3. The van der Waals surface area contributed by atoms with E-state index in [0.29, 0.717) is 10.6 Å². The maximum Gasteiger partial charge on any atom is 0.0995 e. The minimum atomic E-state index is 0.608. The molecule has 0 bridgehead atoms.